The van der Waals surface area contributed by atoms with Crippen LogP contribution in [0.2, 0.25) is 0 Å². The second-order valence-electron chi connectivity index (χ2n) is 9.05. The zero-order valence-corrected chi connectivity index (χ0v) is 17.3. The van der Waals surface area contributed by atoms with Crippen LogP contribution in [-0.2, 0) is 10.2 Å². The van der Waals surface area contributed by atoms with Crippen LogP contribution in [0.25, 0.3) is 0 Å². The number of aliphatic hydroxyl groups excluding tert-OH is 1. The average molecular weight is 391 g/mol. The molecule has 1 aromatic carbocycles. The van der Waals surface area contributed by atoms with E-state index in [1.165, 1.54) is 0 Å². The molecule has 1 aromatic rings. The summed E-state index contributed by atoms with van der Waals surface area (Å²) < 4.78 is 5.44. The molecule has 1 aliphatic carbocycles. The van der Waals surface area contributed by atoms with Crippen molar-refractivity contribution in [3.05, 3.63) is 29.3 Å². The summed E-state index contributed by atoms with van der Waals surface area (Å²) in [5.74, 6) is -0.353. The van der Waals surface area contributed by atoms with Crippen molar-refractivity contribution in [2.24, 2.45) is 0 Å². The maximum absolute atomic E-state index is 12.9. The van der Waals surface area contributed by atoms with Crippen molar-refractivity contribution >= 4 is 5.91 Å². The van der Waals surface area contributed by atoms with Crippen molar-refractivity contribution in [2.75, 3.05) is 26.3 Å². The van der Waals surface area contributed by atoms with Gasteiger partial charge in [0.25, 0.3) is 5.91 Å². The molecular formula is C22H34N2O4. The Morgan fingerprint density at radius 3 is 2.54 bits per heavy atom. The first-order chi connectivity index (χ1) is 13.3. The molecule has 2 aliphatic rings. The van der Waals surface area contributed by atoms with E-state index in [0.717, 1.165) is 44.3 Å². The Morgan fingerprint density at radius 1 is 1.18 bits per heavy atom. The number of nitrogens with one attached hydrogen (secondary N) is 1. The third kappa shape index (κ3) is 4.85. The van der Waals surface area contributed by atoms with Crippen molar-refractivity contribution in [2.45, 2.75) is 70.1 Å². The van der Waals surface area contributed by atoms with E-state index in [9.17, 15) is 15.0 Å². The number of rotatable bonds is 3. The van der Waals surface area contributed by atoms with Gasteiger partial charge in [0.1, 0.15) is 5.75 Å². The number of benzene rings is 1. The summed E-state index contributed by atoms with van der Waals surface area (Å²) >= 11 is 0. The molecule has 1 amide bonds. The predicted octanol–water partition coefficient (Wildman–Crippen LogP) is 2.42. The topological polar surface area (TPSA) is 82.0 Å². The third-order valence-electron chi connectivity index (χ3n) is 6.01. The van der Waals surface area contributed by atoms with E-state index in [4.69, 9.17) is 4.74 Å². The first-order valence-corrected chi connectivity index (χ1v) is 10.4. The molecule has 156 valence electrons. The Kier molecular flexibility index (Phi) is 6.63. The fraction of sp³-hybridized carbons (Fsp3) is 0.682. The highest BCUT2D eigenvalue weighted by molar-refractivity contribution is 5.97. The quantitative estimate of drug-likeness (QED) is 0.691. The molecule has 1 saturated heterocycles. The summed E-state index contributed by atoms with van der Waals surface area (Å²) in [6.07, 6.45) is 3.05. The van der Waals surface area contributed by atoms with Crippen molar-refractivity contribution in [1.82, 2.24) is 10.2 Å². The van der Waals surface area contributed by atoms with Crippen molar-refractivity contribution in [3.63, 3.8) is 0 Å². The number of phenols is 1. The highest BCUT2D eigenvalue weighted by Gasteiger charge is 2.35. The first-order valence-electron chi connectivity index (χ1n) is 10.4. The lowest BCUT2D eigenvalue weighted by Crippen LogP contribution is -2.55. The van der Waals surface area contributed by atoms with Crippen LogP contribution in [0.15, 0.2) is 18.2 Å². The van der Waals surface area contributed by atoms with Gasteiger partial charge < -0.3 is 20.3 Å². The van der Waals surface area contributed by atoms with E-state index in [1.807, 2.05) is 6.07 Å². The number of aromatic hydroxyl groups is 1. The van der Waals surface area contributed by atoms with Gasteiger partial charge in [0.2, 0.25) is 0 Å². The Labute approximate surface area is 167 Å². The van der Waals surface area contributed by atoms with Gasteiger partial charge in [-0.25, -0.2) is 0 Å². The number of amides is 1. The minimum absolute atomic E-state index is 0.0293. The van der Waals surface area contributed by atoms with Gasteiger partial charge in [0.15, 0.2) is 0 Å². The Balaban J connectivity index is 1.75. The van der Waals surface area contributed by atoms with E-state index in [1.54, 1.807) is 12.1 Å². The zero-order chi connectivity index (χ0) is 20.3. The van der Waals surface area contributed by atoms with Gasteiger partial charge in [-0.05, 0) is 36.0 Å². The molecule has 6 heteroatoms. The van der Waals surface area contributed by atoms with Gasteiger partial charge in [0.05, 0.1) is 30.9 Å². The normalized spacial score (nSPS) is 27.2. The lowest BCUT2D eigenvalue weighted by Gasteiger charge is -2.38. The number of hydrogen-bond acceptors (Lipinski definition) is 5. The van der Waals surface area contributed by atoms with Crippen LogP contribution >= 0.6 is 0 Å². The van der Waals surface area contributed by atoms with Crippen molar-refractivity contribution in [3.8, 4) is 5.75 Å². The minimum Gasteiger partial charge on any atom is -0.507 e. The summed E-state index contributed by atoms with van der Waals surface area (Å²) in [5.41, 5.74) is 1.14. The van der Waals surface area contributed by atoms with Crippen LogP contribution < -0.4 is 5.32 Å². The molecule has 0 unspecified atom stereocenters. The van der Waals surface area contributed by atoms with Crippen LogP contribution in [0, 0.1) is 0 Å². The maximum atomic E-state index is 12.9. The monoisotopic (exact) mass is 390 g/mol. The van der Waals surface area contributed by atoms with Gasteiger partial charge in [-0.3, -0.25) is 9.69 Å². The van der Waals surface area contributed by atoms with Crippen molar-refractivity contribution in [1.29, 1.82) is 0 Å². The highest BCUT2D eigenvalue weighted by atomic mass is 16.5. The zero-order valence-electron chi connectivity index (χ0n) is 17.3. The maximum Gasteiger partial charge on any atom is 0.255 e. The summed E-state index contributed by atoms with van der Waals surface area (Å²) in [7, 11) is 0. The molecule has 1 heterocycles. The summed E-state index contributed by atoms with van der Waals surface area (Å²) in [5, 5.41) is 24.3. The highest BCUT2D eigenvalue weighted by Crippen LogP contribution is 2.28. The van der Waals surface area contributed by atoms with Crippen LogP contribution in [0.4, 0.5) is 0 Å². The molecular weight excluding hydrogens is 356 g/mol. The number of hydrogen-bond donors (Lipinski definition) is 3. The molecule has 3 rings (SSSR count). The fourth-order valence-electron chi connectivity index (χ4n) is 4.22. The lowest BCUT2D eigenvalue weighted by molar-refractivity contribution is -0.0308. The summed E-state index contributed by atoms with van der Waals surface area (Å²) in [4.78, 5) is 15.2. The molecule has 3 atom stereocenters. The first kappa shape index (κ1) is 21.1. The number of nitrogens with zero attached hydrogens (tertiary/aromatic N) is 1. The van der Waals surface area contributed by atoms with Gasteiger partial charge in [-0.1, -0.05) is 39.7 Å². The molecule has 1 saturated carbocycles. The number of morpholine rings is 1. The number of ether oxygens (including phenoxy) is 1. The van der Waals surface area contributed by atoms with Crippen LogP contribution in [-0.4, -0.2) is 65.5 Å². The standard InChI is InChI=1S/C22H34N2O4/c1-22(2,3)15-8-9-19(25)16(14-15)21(27)23-17-6-4-5-7-18(20(17)26)24-10-12-28-13-11-24/h8-9,14,17-18,20,25-26H,4-7,10-13H2,1-3H3,(H,23,27)/t17-,18-,20-/m1/s1. The molecule has 0 bridgehead atoms. The second-order valence-corrected chi connectivity index (χ2v) is 9.05. The van der Waals surface area contributed by atoms with Gasteiger partial charge in [-0.2, -0.15) is 0 Å². The third-order valence-corrected chi connectivity index (χ3v) is 6.01. The fourth-order valence-corrected chi connectivity index (χ4v) is 4.22. The molecule has 0 aromatic heterocycles. The van der Waals surface area contributed by atoms with Crippen LogP contribution in [0.3, 0.4) is 0 Å². The van der Waals surface area contributed by atoms with E-state index in [-0.39, 0.29) is 34.7 Å². The van der Waals surface area contributed by atoms with E-state index >= 15 is 0 Å². The minimum atomic E-state index is -0.627. The largest absolute Gasteiger partial charge is 0.507 e. The second kappa shape index (κ2) is 8.80. The molecule has 2 fully saturated rings. The molecule has 1 aliphatic heterocycles. The van der Waals surface area contributed by atoms with Crippen molar-refractivity contribution < 1.29 is 19.7 Å². The molecule has 0 radical (unpaired) electrons. The average Bonchev–Trinajstić information content (AvgIpc) is 2.83. The Hall–Kier alpha value is -1.63. The van der Waals surface area contributed by atoms with E-state index in [0.29, 0.717) is 13.2 Å². The molecule has 0 spiro atoms. The molecule has 3 N–H and O–H groups in total. The van der Waals surface area contributed by atoms with Crippen LogP contribution in [0.5, 0.6) is 5.75 Å². The number of phenolic OH excluding ortho intramolecular Hbond substituents is 1. The predicted molar refractivity (Wildman–Crippen MR) is 109 cm³/mol. The van der Waals surface area contributed by atoms with E-state index in [2.05, 4.69) is 31.0 Å². The Morgan fingerprint density at radius 2 is 1.86 bits per heavy atom. The van der Waals surface area contributed by atoms with Gasteiger partial charge in [0, 0.05) is 19.1 Å². The number of aliphatic hydroxyl groups is 1. The smallest absolute Gasteiger partial charge is 0.255 e. The van der Waals surface area contributed by atoms with Gasteiger partial charge in [-0.15, -0.1) is 0 Å². The molecule has 6 nitrogen and oxygen atoms in total. The van der Waals surface area contributed by atoms with Gasteiger partial charge >= 0.3 is 0 Å². The number of carbonyl (C=O) groups is 1. The SMILES string of the molecule is CC(C)(C)c1ccc(O)c(C(=O)N[C@@H]2CCCC[C@@H](N3CCOCC3)[C@@H]2O)c1. The summed E-state index contributed by atoms with van der Waals surface area (Å²) in [6, 6.07) is 4.90. The van der Waals surface area contributed by atoms with E-state index < -0.39 is 6.10 Å². The van der Waals surface area contributed by atoms with Crippen LogP contribution in [0.1, 0.15) is 62.4 Å². The molecule has 28 heavy (non-hydrogen) atoms. The Bertz CT molecular complexity index is 680. The lowest BCUT2D eigenvalue weighted by atomic mass is 9.86. The number of carbonyl (C=O) groups excluding carboxylic acids is 1. The summed E-state index contributed by atoms with van der Waals surface area (Å²) in [6.45, 7) is 9.23.